The Labute approximate surface area is 106 Å². The smallest absolute Gasteiger partial charge is 0.161 e. The largest absolute Gasteiger partial charge is 0.294 e. The Morgan fingerprint density at radius 1 is 1.24 bits per heavy atom. The average Bonchev–Trinajstić information content (AvgIpc) is 2.48. The molecule has 0 saturated heterocycles. The van der Waals surface area contributed by atoms with Crippen LogP contribution < -0.4 is 0 Å². The second-order valence-corrected chi connectivity index (χ2v) is 7.23. The molecule has 96 valence electrons. The Kier molecular flexibility index (Phi) is 3.22. The standard InChI is InChI=1S/C16H26O/c1-10-6-13(7-11(2)15(10)17)14-9-16(4,5)8-12(14)3/h6,11-14H,7-9H2,1-5H3. The van der Waals surface area contributed by atoms with Crippen LogP contribution in [0.3, 0.4) is 0 Å². The number of hydrogen-bond acceptors (Lipinski definition) is 1. The molecule has 0 heterocycles. The molecule has 0 spiro atoms. The number of carbonyl (C=O) groups excluding carboxylic acids is 1. The van der Waals surface area contributed by atoms with Crippen LogP contribution in [0.5, 0.6) is 0 Å². The fourth-order valence-corrected chi connectivity index (χ4v) is 4.19. The van der Waals surface area contributed by atoms with Gasteiger partial charge in [-0.15, -0.1) is 0 Å². The maximum absolute atomic E-state index is 11.8. The van der Waals surface area contributed by atoms with E-state index in [9.17, 15) is 4.79 Å². The highest BCUT2D eigenvalue weighted by Crippen LogP contribution is 2.50. The normalized spacial score (nSPS) is 41.5. The lowest BCUT2D eigenvalue weighted by Gasteiger charge is -2.31. The molecule has 4 atom stereocenters. The lowest BCUT2D eigenvalue weighted by molar-refractivity contribution is -0.119. The number of ketones is 1. The van der Waals surface area contributed by atoms with Gasteiger partial charge < -0.3 is 0 Å². The summed E-state index contributed by atoms with van der Waals surface area (Å²) < 4.78 is 0. The molecule has 17 heavy (non-hydrogen) atoms. The minimum absolute atomic E-state index is 0.237. The van der Waals surface area contributed by atoms with E-state index in [2.05, 4.69) is 33.8 Å². The Morgan fingerprint density at radius 3 is 2.35 bits per heavy atom. The van der Waals surface area contributed by atoms with E-state index in [0.29, 0.717) is 17.1 Å². The number of Topliss-reactive ketones (excluding diaryl/α,β-unsaturated/α-hetero) is 1. The first-order valence-electron chi connectivity index (χ1n) is 7.03. The van der Waals surface area contributed by atoms with Crippen molar-refractivity contribution < 1.29 is 4.79 Å². The Morgan fingerprint density at radius 2 is 1.88 bits per heavy atom. The molecular weight excluding hydrogens is 208 g/mol. The summed E-state index contributed by atoms with van der Waals surface area (Å²) in [6, 6.07) is 0. The molecule has 2 rings (SSSR count). The van der Waals surface area contributed by atoms with Crippen molar-refractivity contribution in [3.05, 3.63) is 11.6 Å². The zero-order valence-electron chi connectivity index (χ0n) is 11.9. The van der Waals surface area contributed by atoms with Crippen LogP contribution in [0.1, 0.15) is 53.9 Å². The van der Waals surface area contributed by atoms with E-state index in [0.717, 1.165) is 23.8 Å². The van der Waals surface area contributed by atoms with E-state index < -0.39 is 0 Å². The van der Waals surface area contributed by atoms with Crippen LogP contribution in [0.4, 0.5) is 0 Å². The van der Waals surface area contributed by atoms with Crippen molar-refractivity contribution in [3.63, 3.8) is 0 Å². The first-order chi connectivity index (χ1) is 7.80. The third-order valence-corrected chi connectivity index (χ3v) is 4.87. The van der Waals surface area contributed by atoms with Gasteiger partial charge in [-0.3, -0.25) is 4.79 Å². The van der Waals surface area contributed by atoms with Crippen LogP contribution in [0, 0.1) is 29.1 Å². The topological polar surface area (TPSA) is 17.1 Å². The van der Waals surface area contributed by atoms with Gasteiger partial charge in [0.05, 0.1) is 0 Å². The van der Waals surface area contributed by atoms with Crippen molar-refractivity contribution in [1.82, 2.24) is 0 Å². The fourth-order valence-electron chi connectivity index (χ4n) is 4.19. The number of allylic oxidation sites excluding steroid dienone is 2. The lowest BCUT2D eigenvalue weighted by atomic mass is 9.73. The molecule has 0 radical (unpaired) electrons. The summed E-state index contributed by atoms with van der Waals surface area (Å²) in [6.45, 7) is 11.3. The van der Waals surface area contributed by atoms with Crippen LogP contribution in [0.25, 0.3) is 0 Å². The van der Waals surface area contributed by atoms with Gasteiger partial charge in [0.15, 0.2) is 5.78 Å². The Bertz CT molecular complexity index is 351. The summed E-state index contributed by atoms with van der Waals surface area (Å²) in [7, 11) is 0. The van der Waals surface area contributed by atoms with Crippen molar-refractivity contribution in [3.8, 4) is 0 Å². The van der Waals surface area contributed by atoms with Crippen LogP contribution in [0.15, 0.2) is 11.6 Å². The molecule has 1 saturated carbocycles. The molecule has 0 N–H and O–H groups in total. The molecule has 1 fully saturated rings. The SMILES string of the molecule is CC1=CC(C2CC(C)(C)CC2C)CC(C)C1=O. The zero-order valence-corrected chi connectivity index (χ0v) is 11.9. The lowest BCUT2D eigenvalue weighted by Crippen LogP contribution is -2.27. The third-order valence-electron chi connectivity index (χ3n) is 4.87. The summed E-state index contributed by atoms with van der Waals surface area (Å²) in [5, 5.41) is 0. The van der Waals surface area contributed by atoms with E-state index in [1.807, 2.05) is 6.92 Å². The van der Waals surface area contributed by atoms with Gasteiger partial charge in [0.25, 0.3) is 0 Å². The first-order valence-corrected chi connectivity index (χ1v) is 7.03. The molecular formula is C16H26O. The predicted octanol–water partition coefficient (Wildman–Crippen LogP) is 4.23. The summed E-state index contributed by atoms with van der Waals surface area (Å²) in [4.78, 5) is 11.8. The molecule has 0 bridgehead atoms. The number of carbonyl (C=O) groups is 1. The molecule has 2 aliphatic rings. The molecule has 1 heteroatoms. The van der Waals surface area contributed by atoms with E-state index >= 15 is 0 Å². The third kappa shape index (κ3) is 2.48. The molecule has 0 aromatic rings. The van der Waals surface area contributed by atoms with Gasteiger partial charge in [0.1, 0.15) is 0 Å². The van der Waals surface area contributed by atoms with Crippen molar-refractivity contribution in [2.45, 2.75) is 53.9 Å². The quantitative estimate of drug-likeness (QED) is 0.663. The molecule has 1 nitrogen and oxygen atoms in total. The Balaban J connectivity index is 2.17. The number of hydrogen-bond donors (Lipinski definition) is 0. The van der Waals surface area contributed by atoms with E-state index in [4.69, 9.17) is 0 Å². The number of rotatable bonds is 1. The molecule has 0 aliphatic heterocycles. The van der Waals surface area contributed by atoms with Gasteiger partial charge in [-0.25, -0.2) is 0 Å². The Hall–Kier alpha value is -0.590. The highest BCUT2D eigenvalue weighted by atomic mass is 16.1. The molecule has 0 aromatic heterocycles. The summed E-state index contributed by atoms with van der Waals surface area (Å²) >= 11 is 0. The molecule has 4 unspecified atom stereocenters. The van der Waals surface area contributed by atoms with E-state index in [1.54, 1.807) is 0 Å². The van der Waals surface area contributed by atoms with Gasteiger partial charge in [0, 0.05) is 5.92 Å². The monoisotopic (exact) mass is 234 g/mol. The first kappa shape index (κ1) is 12.9. The van der Waals surface area contributed by atoms with E-state index in [1.165, 1.54) is 12.8 Å². The maximum atomic E-state index is 11.8. The van der Waals surface area contributed by atoms with Crippen LogP contribution in [-0.2, 0) is 4.79 Å². The van der Waals surface area contributed by atoms with Crippen LogP contribution in [0.2, 0.25) is 0 Å². The summed E-state index contributed by atoms with van der Waals surface area (Å²) in [6.07, 6.45) is 6.00. The highest BCUT2D eigenvalue weighted by molar-refractivity contribution is 5.97. The van der Waals surface area contributed by atoms with Crippen LogP contribution >= 0.6 is 0 Å². The van der Waals surface area contributed by atoms with Crippen molar-refractivity contribution in [2.24, 2.45) is 29.1 Å². The minimum atomic E-state index is 0.237. The van der Waals surface area contributed by atoms with Crippen LogP contribution in [-0.4, -0.2) is 5.78 Å². The second kappa shape index (κ2) is 4.26. The molecule has 2 aliphatic carbocycles. The summed E-state index contributed by atoms with van der Waals surface area (Å²) in [5.41, 5.74) is 1.50. The van der Waals surface area contributed by atoms with Crippen molar-refractivity contribution >= 4 is 5.78 Å². The van der Waals surface area contributed by atoms with Gasteiger partial charge >= 0.3 is 0 Å². The van der Waals surface area contributed by atoms with E-state index in [-0.39, 0.29) is 5.92 Å². The van der Waals surface area contributed by atoms with Gasteiger partial charge in [-0.2, -0.15) is 0 Å². The summed E-state index contributed by atoms with van der Waals surface area (Å²) in [5.74, 6) is 2.83. The zero-order chi connectivity index (χ0) is 12.8. The van der Waals surface area contributed by atoms with Gasteiger partial charge in [-0.1, -0.05) is 33.8 Å². The predicted molar refractivity (Wildman–Crippen MR) is 71.7 cm³/mol. The maximum Gasteiger partial charge on any atom is 0.161 e. The molecule has 0 amide bonds. The van der Waals surface area contributed by atoms with Gasteiger partial charge in [0.2, 0.25) is 0 Å². The van der Waals surface area contributed by atoms with Crippen molar-refractivity contribution in [2.75, 3.05) is 0 Å². The average molecular weight is 234 g/mol. The fraction of sp³-hybridized carbons (Fsp3) is 0.812. The second-order valence-electron chi connectivity index (χ2n) is 7.23. The van der Waals surface area contributed by atoms with Gasteiger partial charge in [-0.05, 0) is 54.9 Å². The minimum Gasteiger partial charge on any atom is -0.294 e. The highest BCUT2D eigenvalue weighted by Gasteiger charge is 2.41. The molecule has 0 aromatic carbocycles. The van der Waals surface area contributed by atoms with Crippen molar-refractivity contribution in [1.29, 1.82) is 0 Å².